The number of furan rings is 1. The van der Waals surface area contributed by atoms with Gasteiger partial charge >= 0.3 is 0 Å². The van der Waals surface area contributed by atoms with E-state index in [-0.39, 0.29) is 0 Å². The Bertz CT molecular complexity index is 1000. The van der Waals surface area contributed by atoms with Gasteiger partial charge in [-0.1, -0.05) is 66.7 Å². The average molecular weight is 300 g/mol. The van der Waals surface area contributed by atoms with Crippen molar-refractivity contribution < 1.29 is 4.42 Å². The van der Waals surface area contributed by atoms with E-state index in [1.807, 2.05) is 60.7 Å². The predicted octanol–water partition coefficient (Wildman–Crippen LogP) is 4.49. The lowest BCUT2D eigenvalue weighted by atomic mass is 10.1. The Balaban J connectivity index is 1.75. The van der Waals surface area contributed by atoms with Gasteiger partial charge in [0.1, 0.15) is 17.0 Å². The minimum Gasteiger partial charge on any atom is -0.456 e. The summed E-state index contributed by atoms with van der Waals surface area (Å²) in [4.78, 5) is 4.52. The second-order valence-electron chi connectivity index (χ2n) is 5.46. The maximum Gasteiger partial charge on any atom is 0.140 e. The van der Waals surface area contributed by atoms with Crippen LogP contribution in [0.1, 0.15) is 11.1 Å². The van der Waals surface area contributed by atoms with E-state index >= 15 is 0 Å². The molecular formula is C20H16N2O. The molecule has 3 heteroatoms. The van der Waals surface area contributed by atoms with Crippen molar-refractivity contribution in [1.82, 2.24) is 0 Å². The molecule has 23 heavy (non-hydrogen) atoms. The predicted molar refractivity (Wildman–Crippen MR) is 94.6 cm³/mol. The van der Waals surface area contributed by atoms with Crippen LogP contribution in [0, 0.1) is 0 Å². The van der Waals surface area contributed by atoms with Crippen molar-refractivity contribution >= 4 is 27.8 Å². The Morgan fingerprint density at radius 2 is 1.57 bits per heavy atom. The average Bonchev–Trinajstić information content (AvgIpc) is 3.00. The first-order valence-corrected chi connectivity index (χ1v) is 7.57. The van der Waals surface area contributed by atoms with Gasteiger partial charge in [-0.3, -0.25) is 4.99 Å². The highest BCUT2D eigenvalue weighted by molar-refractivity contribution is 6.05. The van der Waals surface area contributed by atoms with Crippen molar-refractivity contribution in [3.8, 4) is 0 Å². The van der Waals surface area contributed by atoms with E-state index in [9.17, 15) is 0 Å². The van der Waals surface area contributed by atoms with Crippen LogP contribution in [0.25, 0.3) is 21.9 Å². The van der Waals surface area contributed by atoms with Crippen LogP contribution < -0.4 is 5.73 Å². The van der Waals surface area contributed by atoms with Crippen molar-refractivity contribution in [3.05, 3.63) is 83.9 Å². The summed E-state index contributed by atoms with van der Waals surface area (Å²) in [5.41, 5.74) is 9.84. The van der Waals surface area contributed by atoms with Crippen molar-refractivity contribution in [2.75, 3.05) is 0 Å². The maximum absolute atomic E-state index is 6.08. The summed E-state index contributed by atoms with van der Waals surface area (Å²) in [6.45, 7) is 0.498. The summed E-state index contributed by atoms with van der Waals surface area (Å²) < 4.78 is 6.01. The summed E-state index contributed by atoms with van der Waals surface area (Å²) in [6.07, 6.45) is 0. The van der Waals surface area contributed by atoms with Gasteiger partial charge in [-0.15, -0.1) is 0 Å². The van der Waals surface area contributed by atoms with Crippen LogP contribution in [0.5, 0.6) is 0 Å². The number of benzene rings is 3. The van der Waals surface area contributed by atoms with E-state index in [0.717, 1.165) is 33.1 Å². The lowest BCUT2D eigenvalue weighted by Crippen LogP contribution is -2.13. The topological polar surface area (TPSA) is 51.5 Å². The molecule has 4 rings (SSSR count). The molecule has 3 nitrogen and oxygen atoms in total. The van der Waals surface area contributed by atoms with Crippen LogP contribution in [0.4, 0.5) is 0 Å². The van der Waals surface area contributed by atoms with E-state index in [0.29, 0.717) is 12.4 Å². The number of hydrogen-bond acceptors (Lipinski definition) is 2. The Labute approximate surface area is 134 Å². The summed E-state index contributed by atoms with van der Waals surface area (Å²) in [5.74, 6) is 0.540. The third kappa shape index (κ3) is 2.46. The fourth-order valence-electron chi connectivity index (χ4n) is 2.80. The molecule has 0 fully saturated rings. The Hall–Kier alpha value is -3.07. The highest BCUT2D eigenvalue weighted by atomic mass is 16.3. The molecular weight excluding hydrogens is 284 g/mol. The van der Waals surface area contributed by atoms with Crippen LogP contribution in [-0.4, -0.2) is 5.84 Å². The van der Waals surface area contributed by atoms with Gasteiger partial charge in [0.05, 0.1) is 6.54 Å². The zero-order valence-corrected chi connectivity index (χ0v) is 12.6. The molecule has 112 valence electrons. The highest BCUT2D eigenvalue weighted by Gasteiger charge is 2.09. The summed E-state index contributed by atoms with van der Waals surface area (Å²) in [6, 6.07) is 24.0. The Kier molecular flexibility index (Phi) is 3.31. The minimum absolute atomic E-state index is 0.498. The van der Waals surface area contributed by atoms with Gasteiger partial charge in [-0.25, -0.2) is 0 Å². The monoisotopic (exact) mass is 300 g/mol. The van der Waals surface area contributed by atoms with Crippen LogP contribution >= 0.6 is 0 Å². The third-order valence-electron chi connectivity index (χ3n) is 3.98. The molecule has 0 aliphatic carbocycles. The molecule has 0 atom stereocenters. The quantitative estimate of drug-likeness (QED) is 0.447. The standard InChI is InChI=1S/C20H16N2O/c21-20(14-7-2-1-3-8-14)22-13-15-9-6-11-17-16-10-4-5-12-18(16)23-19(15)17/h1-12H,13H2,(H2,21,22). The fraction of sp³-hybridized carbons (Fsp3) is 0.0500. The molecule has 0 unspecified atom stereocenters. The summed E-state index contributed by atoms with van der Waals surface area (Å²) in [5, 5.41) is 2.25. The van der Waals surface area contributed by atoms with Crippen molar-refractivity contribution in [2.45, 2.75) is 6.54 Å². The molecule has 0 amide bonds. The van der Waals surface area contributed by atoms with Crippen LogP contribution in [-0.2, 0) is 6.54 Å². The molecule has 3 aromatic carbocycles. The van der Waals surface area contributed by atoms with Gasteiger partial charge in [0.15, 0.2) is 0 Å². The van der Waals surface area contributed by atoms with E-state index < -0.39 is 0 Å². The number of para-hydroxylation sites is 2. The lowest BCUT2D eigenvalue weighted by molar-refractivity contribution is 0.663. The molecule has 4 aromatic rings. The minimum atomic E-state index is 0.498. The molecule has 1 aromatic heterocycles. The molecule has 0 saturated heterocycles. The van der Waals surface area contributed by atoms with E-state index in [1.165, 1.54) is 0 Å². The molecule has 0 aliphatic rings. The van der Waals surface area contributed by atoms with Crippen LogP contribution in [0.2, 0.25) is 0 Å². The van der Waals surface area contributed by atoms with Crippen molar-refractivity contribution in [1.29, 1.82) is 0 Å². The Morgan fingerprint density at radius 1 is 0.826 bits per heavy atom. The second kappa shape index (κ2) is 5.61. The third-order valence-corrected chi connectivity index (χ3v) is 3.98. The number of aliphatic imine (C=N–C) groups is 1. The number of nitrogens with two attached hydrogens (primary N) is 1. The summed E-state index contributed by atoms with van der Waals surface area (Å²) >= 11 is 0. The van der Waals surface area contributed by atoms with Gasteiger partial charge in [-0.05, 0) is 6.07 Å². The van der Waals surface area contributed by atoms with Crippen LogP contribution in [0.15, 0.2) is 82.2 Å². The van der Waals surface area contributed by atoms with E-state index in [1.54, 1.807) is 0 Å². The number of hydrogen-bond donors (Lipinski definition) is 1. The van der Waals surface area contributed by atoms with Crippen molar-refractivity contribution in [3.63, 3.8) is 0 Å². The first-order chi connectivity index (χ1) is 11.3. The van der Waals surface area contributed by atoms with E-state index in [4.69, 9.17) is 10.2 Å². The van der Waals surface area contributed by atoms with Gasteiger partial charge in [0.2, 0.25) is 0 Å². The van der Waals surface area contributed by atoms with E-state index in [2.05, 4.69) is 17.1 Å². The Morgan fingerprint density at radius 3 is 2.43 bits per heavy atom. The SMILES string of the molecule is NC(=NCc1cccc2c1oc1ccccc12)c1ccccc1. The van der Waals surface area contributed by atoms with Gasteiger partial charge < -0.3 is 10.2 Å². The maximum atomic E-state index is 6.08. The zero-order chi connectivity index (χ0) is 15.6. The molecule has 0 radical (unpaired) electrons. The molecule has 0 saturated carbocycles. The molecule has 1 heterocycles. The summed E-state index contributed by atoms with van der Waals surface area (Å²) in [7, 11) is 0. The van der Waals surface area contributed by atoms with Crippen molar-refractivity contribution in [2.24, 2.45) is 10.7 Å². The first-order valence-electron chi connectivity index (χ1n) is 7.57. The smallest absolute Gasteiger partial charge is 0.140 e. The normalized spacial score (nSPS) is 12.1. The lowest BCUT2D eigenvalue weighted by Gasteiger charge is -2.02. The van der Waals surface area contributed by atoms with Gasteiger partial charge in [-0.2, -0.15) is 0 Å². The molecule has 0 spiro atoms. The second-order valence-corrected chi connectivity index (χ2v) is 5.46. The van der Waals surface area contributed by atoms with Gasteiger partial charge in [0, 0.05) is 21.9 Å². The molecule has 0 bridgehead atoms. The fourth-order valence-corrected chi connectivity index (χ4v) is 2.80. The van der Waals surface area contributed by atoms with Gasteiger partial charge in [0.25, 0.3) is 0 Å². The molecule has 0 aliphatic heterocycles. The number of amidine groups is 1. The number of rotatable bonds is 3. The largest absolute Gasteiger partial charge is 0.456 e. The first kappa shape index (κ1) is 13.6. The number of fused-ring (bicyclic) bond motifs is 3. The highest BCUT2D eigenvalue weighted by Crippen LogP contribution is 2.30. The van der Waals surface area contributed by atoms with Crippen LogP contribution in [0.3, 0.4) is 0 Å². The zero-order valence-electron chi connectivity index (χ0n) is 12.6. The number of nitrogens with zero attached hydrogens (tertiary/aromatic N) is 1. The molecule has 2 N–H and O–H groups in total.